The molecule has 1 aliphatic carbocycles. The summed E-state index contributed by atoms with van der Waals surface area (Å²) in [7, 11) is 0. The molecule has 1 aliphatic rings. The van der Waals surface area contributed by atoms with Gasteiger partial charge in [0.2, 0.25) is 0 Å². The number of hydrogen-bond acceptors (Lipinski definition) is 7. The van der Waals surface area contributed by atoms with E-state index >= 15 is 0 Å². The predicted octanol–water partition coefficient (Wildman–Crippen LogP) is 3.32. The van der Waals surface area contributed by atoms with Crippen molar-refractivity contribution in [1.29, 1.82) is 0 Å². The van der Waals surface area contributed by atoms with Crippen LogP contribution in [-0.4, -0.2) is 42.3 Å². The van der Waals surface area contributed by atoms with Gasteiger partial charge in [0, 0.05) is 13.2 Å². The quantitative estimate of drug-likeness (QED) is 0.582. The van der Waals surface area contributed by atoms with Crippen molar-refractivity contribution < 1.29 is 14.3 Å². The van der Waals surface area contributed by atoms with E-state index in [2.05, 4.69) is 15.3 Å². The number of hydrogen-bond donors (Lipinski definition) is 1. The summed E-state index contributed by atoms with van der Waals surface area (Å²) in [4.78, 5) is 22.5. The molecule has 1 N–H and O–H groups in total. The number of esters is 1. The lowest BCUT2D eigenvalue weighted by Crippen LogP contribution is -2.12. The molecule has 0 spiro atoms. The normalized spacial score (nSPS) is 14.1. The lowest BCUT2D eigenvalue weighted by atomic mass is 10.2. The van der Waals surface area contributed by atoms with Crippen LogP contribution in [0.1, 0.15) is 40.8 Å². The average molecular weight is 349 g/mol. The van der Waals surface area contributed by atoms with Gasteiger partial charge in [-0.15, -0.1) is 11.3 Å². The summed E-state index contributed by atoms with van der Waals surface area (Å²) in [5, 5.41) is 4.23. The largest absolute Gasteiger partial charge is 0.462 e. The van der Waals surface area contributed by atoms with Crippen LogP contribution in [0, 0.1) is 19.8 Å². The number of carbonyl (C=O) groups is 1. The topological polar surface area (TPSA) is 73.3 Å². The first-order valence-corrected chi connectivity index (χ1v) is 9.18. The van der Waals surface area contributed by atoms with E-state index < -0.39 is 0 Å². The zero-order valence-electron chi connectivity index (χ0n) is 14.3. The molecule has 0 bridgehead atoms. The summed E-state index contributed by atoms with van der Waals surface area (Å²) in [6, 6.07) is 0. The molecule has 2 aromatic rings. The Kier molecular flexibility index (Phi) is 5.30. The molecule has 24 heavy (non-hydrogen) atoms. The minimum Gasteiger partial charge on any atom is -0.462 e. The van der Waals surface area contributed by atoms with Crippen molar-refractivity contribution in [3.8, 4) is 0 Å². The van der Waals surface area contributed by atoms with Crippen LogP contribution >= 0.6 is 11.3 Å². The highest BCUT2D eigenvalue weighted by molar-refractivity contribution is 7.20. The van der Waals surface area contributed by atoms with Gasteiger partial charge in [0.1, 0.15) is 21.3 Å². The third kappa shape index (κ3) is 3.84. The van der Waals surface area contributed by atoms with Crippen LogP contribution in [0.5, 0.6) is 0 Å². The molecule has 0 atom stereocenters. The van der Waals surface area contributed by atoms with Crippen LogP contribution in [0.2, 0.25) is 0 Å². The fraction of sp³-hybridized carbons (Fsp3) is 0.588. The van der Waals surface area contributed by atoms with Gasteiger partial charge in [0.05, 0.1) is 18.6 Å². The number of nitrogens with zero attached hydrogens (tertiary/aromatic N) is 2. The Morgan fingerprint density at radius 2 is 2.12 bits per heavy atom. The minimum atomic E-state index is -0.297. The maximum atomic E-state index is 12.1. The van der Waals surface area contributed by atoms with Crippen molar-refractivity contribution in [2.45, 2.75) is 33.6 Å². The third-order valence-corrected chi connectivity index (χ3v) is 5.12. The molecule has 0 aromatic carbocycles. The van der Waals surface area contributed by atoms with E-state index in [1.807, 2.05) is 13.8 Å². The first kappa shape index (κ1) is 17.1. The zero-order valence-corrected chi connectivity index (χ0v) is 15.2. The van der Waals surface area contributed by atoms with Crippen molar-refractivity contribution in [2.24, 2.45) is 5.92 Å². The second-order valence-electron chi connectivity index (χ2n) is 6.02. The number of carbonyl (C=O) groups excluding carboxylic acids is 1. The van der Waals surface area contributed by atoms with Crippen LogP contribution in [0.15, 0.2) is 0 Å². The second-order valence-corrected chi connectivity index (χ2v) is 7.02. The summed E-state index contributed by atoms with van der Waals surface area (Å²) in [6.45, 7) is 8.12. The number of fused-ring (bicyclic) bond motifs is 1. The van der Waals surface area contributed by atoms with E-state index in [1.165, 1.54) is 24.2 Å². The van der Waals surface area contributed by atoms with Crippen LogP contribution < -0.4 is 5.32 Å². The standard InChI is InChI=1S/C17H23N3O3S/c1-4-23-17(21)14-10(2)13-15(19-11(3)20-16(13)24-14)18-7-8-22-9-12-5-6-12/h12H,4-9H2,1-3H3,(H,18,19,20). The second kappa shape index (κ2) is 7.44. The molecule has 7 heteroatoms. The van der Waals surface area contributed by atoms with Crippen molar-refractivity contribution >= 4 is 33.3 Å². The lowest BCUT2D eigenvalue weighted by Gasteiger charge is -2.09. The number of nitrogens with one attached hydrogen (secondary N) is 1. The van der Waals surface area contributed by atoms with Crippen molar-refractivity contribution in [2.75, 3.05) is 31.7 Å². The molecule has 2 aromatic heterocycles. The molecule has 6 nitrogen and oxygen atoms in total. The Labute approximate surface area is 145 Å². The fourth-order valence-electron chi connectivity index (χ4n) is 2.54. The van der Waals surface area contributed by atoms with E-state index in [-0.39, 0.29) is 5.97 Å². The Bertz CT molecular complexity index is 740. The lowest BCUT2D eigenvalue weighted by molar-refractivity contribution is 0.0531. The minimum absolute atomic E-state index is 0.297. The predicted molar refractivity (Wildman–Crippen MR) is 94.9 cm³/mol. The van der Waals surface area contributed by atoms with Crippen molar-refractivity contribution in [3.63, 3.8) is 0 Å². The molecule has 1 saturated carbocycles. The maximum Gasteiger partial charge on any atom is 0.348 e. The molecule has 0 unspecified atom stereocenters. The molecule has 2 heterocycles. The van der Waals surface area contributed by atoms with E-state index in [0.717, 1.165) is 34.1 Å². The summed E-state index contributed by atoms with van der Waals surface area (Å²) in [5.41, 5.74) is 0.870. The van der Waals surface area contributed by atoms with Gasteiger partial charge < -0.3 is 14.8 Å². The van der Waals surface area contributed by atoms with Gasteiger partial charge in [-0.3, -0.25) is 0 Å². The molecular formula is C17H23N3O3S. The first-order chi connectivity index (χ1) is 11.6. The van der Waals surface area contributed by atoms with Gasteiger partial charge in [0.25, 0.3) is 0 Å². The van der Waals surface area contributed by atoms with Crippen LogP contribution in [-0.2, 0) is 9.47 Å². The monoisotopic (exact) mass is 349 g/mol. The number of anilines is 1. The van der Waals surface area contributed by atoms with Gasteiger partial charge >= 0.3 is 5.97 Å². The van der Waals surface area contributed by atoms with Crippen LogP contribution in [0.3, 0.4) is 0 Å². The number of rotatable bonds is 8. The maximum absolute atomic E-state index is 12.1. The molecule has 3 rings (SSSR count). The van der Waals surface area contributed by atoms with Gasteiger partial charge in [-0.2, -0.15) is 0 Å². The van der Waals surface area contributed by atoms with Crippen molar-refractivity contribution in [1.82, 2.24) is 9.97 Å². The van der Waals surface area contributed by atoms with Gasteiger partial charge in [-0.25, -0.2) is 14.8 Å². The number of aromatic nitrogens is 2. The molecular weight excluding hydrogens is 326 g/mol. The summed E-state index contributed by atoms with van der Waals surface area (Å²) in [5.74, 6) is 1.91. The summed E-state index contributed by atoms with van der Waals surface area (Å²) < 4.78 is 10.8. The summed E-state index contributed by atoms with van der Waals surface area (Å²) in [6.07, 6.45) is 2.59. The van der Waals surface area contributed by atoms with Gasteiger partial charge in [-0.1, -0.05) is 0 Å². The van der Waals surface area contributed by atoms with Crippen LogP contribution in [0.4, 0.5) is 5.82 Å². The summed E-state index contributed by atoms with van der Waals surface area (Å²) >= 11 is 1.36. The number of thiophene rings is 1. The number of aryl methyl sites for hydroxylation is 2. The molecule has 0 amide bonds. The van der Waals surface area contributed by atoms with E-state index in [0.29, 0.717) is 30.5 Å². The average Bonchev–Trinajstić information content (AvgIpc) is 3.30. The SMILES string of the molecule is CCOC(=O)c1sc2nc(C)nc(NCCOCC3CC3)c2c1C. The molecule has 0 radical (unpaired) electrons. The smallest absolute Gasteiger partial charge is 0.348 e. The Morgan fingerprint density at radius 1 is 1.33 bits per heavy atom. The Balaban J connectivity index is 1.76. The van der Waals surface area contributed by atoms with E-state index in [9.17, 15) is 4.79 Å². The van der Waals surface area contributed by atoms with Gasteiger partial charge in [-0.05, 0) is 45.1 Å². The molecule has 0 aliphatic heterocycles. The molecule has 0 saturated heterocycles. The van der Waals surface area contributed by atoms with Gasteiger partial charge in [0.15, 0.2) is 0 Å². The zero-order chi connectivity index (χ0) is 17.1. The van der Waals surface area contributed by atoms with Crippen LogP contribution in [0.25, 0.3) is 10.2 Å². The molecule has 130 valence electrons. The highest BCUT2D eigenvalue weighted by Crippen LogP contribution is 2.34. The number of ether oxygens (including phenoxy) is 2. The van der Waals surface area contributed by atoms with Crippen molar-refractivity contribution in [3.05, 3.63) is 16.3 Å². The Hall–Kier alpha value is -1.73. The van der Waals surface area contributed by atoms with E-state index in [1.54, 1.807) is 6.92 Å². The first-order valence-electron chi connectivity index (χ1n) is 8.36. The third-order valence-electron chi connectivity index (χ3n) is 3.95. The fourth-order valence-corrected chi connectivity index (χ4v) is 3.66. The van der Waals surface area contributed by atoms with E-state index in [4.69, 9.17) is 9.47 Å². The Morgan fingerprint density at radius 3 is 2.83 bits per heavy atom. The highest BCUT2D eigenvalue weighted by atomic mass is 32.1. The molecule has 1 fully saturated rings. The highest BCUT2D eigenvalue weighted by Gasteiger charge is 2.22.